The lowest BCUT2D eigenvalue weighted by molar-refractivity contribution is -0.121. The molecule has 0 aliphatic rings. The van der Waals surface area contributed by atoms with Crippen LogP contribution in [0.25, 0.3) is 0 Å². The highest BCUT2D eigenvalue weighted by molar-refractivity contribution is 5.92. The summed E-state index contributed by atoms with van der Waals surface area (Å²) in [7, 11) is 0. The number of carbonyl (C=O) groups excluding carboxylic acids is 2. The third kappa shape index (κ3) is 6.72. The van der Waals surface area contributed by atoms with Crippen LogP contribution in [0.2, 0.25) is 0 Å². The zero-order valence-electron chi connectivity index (χ0n) is 17.3. The second-order valence-corrected chi connectivity index (χ2v) is 7.63. The molecule has 0 aliphatic heterocycles. The van der Waals surface area contributed by atoms with E-state index < -0.39 is 0 Å². The lowest BCUT2D eigenvalue weighted by Crippen LogP contribution is -2.31. The van der Waals surface area contributed by atoms with Crippen molar-refractivity contribution in [2.24, 2.45) is 0 Å². The fourth-order valence-electron chi connectivity index (χ4n) is 2.85. The molecule has 5 heteroatoms. The topological polar surface area (TPSA) is 67.4 Å². The number of aryl methyl sites for hydroxylation is 1. The molecule has 2 aromatic carbocycles. The standard InChI is InChI=1S/C23H30N2O3/c1-15(2)20-11-6-17(5)12-21(20)28-14-23(27)25-19-9-7-18(8-10-19)13-22(26)24-16(3)4/h6-12,15-16H,13-14H2,1-5H3,(H,24,26)(H,25,27). The zero-order valence-corrected chi connectivity index (χ0v) is 17.3. The van der Waals surface area contributed by atoms with E-state index in [1.165, 1.54) is 0 Å². The molecule has 0 bridgehead atoms. The molecule has 0 radical (unpaired) electrons. The number of hydrogen-bond acceptors (Lipinski definition) is 3. The highest BCUT2D eigenvalue weighted by Crippen LogP contribution is 2.27. The molecule has 5 nitrogen and oxygen atoms in total. The second kappa shape index (κ2) is 9.93. The number of nitrogens with one attached hydrogen (secondary N) is 2. The van der Waals surface area contributed by atoms with Crippen molar-refractivity contribution < 1.29 is 14.3 Å². The highest BCUT2D eigenvalue weighted by Gasteiger charge is 2.11. The van der Waals surface area contributed by atoms with Crippen LogP contribution in [0.4, 0.5) is 5.69 Å². The van der Waals surface area contributed by atoms with Crippen LogP contribution in [0, 0.1) is 6.92 Å². The van der Waals surface area contributed by atoms with Crippen LogP contribution in [0.5, 0.6) is 5.75 Å². The van der Waals surface area contributed by atoms with Crippen molar-refractivity contribution >= 4 is 17.5 Å². The average molecular weight is 383 g/mol. The molecule has 0 atom stereocenters. The molecule has 0 unspecified atom stereocenters. The lowest BCUT2D eigenvalue weighted by Gasteiger charge is -2.15. The number of amides is 2. The smallest absolute Gasteiger partial charge is 0.262 e. The van der Waals surface area contributed by atoms with Crippen molar-refractivity contribution in [3.05, 3.63) is 59.2 Å². The maximum atomic E-state index is 12.2. The average Bonchev–Trinajstić information content (AvgIpc) is 2.60. The Morgan fingerprint density at radius 1 is 0.964 bits per heavy atom. The van der Waals surface area contributed by atoms with Crippen LogP contribution < -0.4 is 15.4 Å². The molecule has 2 rings (SSSR count). The van der Waals surface area contributed by atoms with Gasteiger partial charge in [0.15, 0.2) is 6.61 Å². The van der Waals surface area contributed by atoms with Gasteiger partial charge in [-0.15, -0.1) is 0 Å². The number of anilines is 1. The van der Waals surface area contributed by atoms with E-state index in [0.29, 0.717) is 18.0 Å². The summed E-state index contributed by atoms with van der Waals surface area (Å²) in [5, 5.41) is 5.69. The predicted octanol–water partition coefficient (Wildman–Crippen LogP) is 4.20. The van der Waals surface area contributed by atoms with Gasteiger partial charge in [-0.05, 0) is 61.6 Å². The second-order valence-electron chi connectivity index (χ2n) is 7.63. The summed E-state index contributed by atoms with van der Waals surface area (Å²) in [5.41, 5.74) is 3.75. The van der Waals surface area contributed by atoms with Crippen LogP contribution in [0.15, 0.2) is 42.5 Å². The van der Waals surface area contributed by atoms with E-state index in [2.05, 4.69) is 24.5 Å². The van der Waals surface area contributed by atoms with E-state index in [1.807, 2.05) is 51.1 Å². The Bertz CT molecular complexity index is 811. The van der Waals surface area contributed by atoms with Crippen LogP contribution >= 0.6 is 0 Å². The van der Waals surface area contributed by atoms with Crippen molar-refractivity contribution in [3.63, 3.8) is 0 Å². The van der Waals surface area contributed by atoms with Crippen LogP contribution in [0.3, 0.4) is 0 Å². The van der Waals surface area contributed by atoms with Gasteiger partial charge in [-0.2, -0.15) is 0 Å². The first kappa shape index (κ1) is 21.5. The minimum atomic E-state index is -0.221. The lowest BCUT2D eigenvalue weighted by atomic mass is 10.0. The number of benzene rings is 2. The van der Waals surface area contributed by atoms with Gasteiger partial charge in [0.1, 0.15) is 5.75 Å². The molecule has 0 spiro atoms. The fraction of sp³-hybridized carbons (Fsp3) is 0.391. The number of hydrogen-bond donors (Lipinski definition) is 2. The molecule has 0 heterocycles. The molecular weight excluding hydrogens is 352 g/mol. The van der Waals surface area contributed by atoms with Gasteiger partial charge in [-0.1, -0.05) is 38.1 Å². The molecule has 0 aliphatic carbocycles. The van der Waals surface area contributed by atoms with E-state index >= 15 is 0 Å². The first-order valence-corrected chi connectivity index (χ1v) is 9.66. The van der Waals surface area contributed by atoms with Gasteiger partial charge < -0.3 is 15.4 Å². The highest BCUT2D eigenvalue weighted by atomic mass is 16.5. The zero-order chi connectivity index (χ0) is 20.7. The number of carbonyl (C=O) groups is 2. The van der Waals surface area contributed by atoms with Crippen LogP contribution in [-0.4, -0.2) is 24.5 Å². The van der Waals surface area contributed by atoms with Gasteiger partial charge in [0.25, 0.3) is 5.91 Å². The molecule has 0 saturated heterocycles. The van der Waals surface area contributed by atoms with Gasteiger partial charge in [0, 0.05) is 11.7 Å². The van der Waals surface area contributed by atoms with Gasteiger partial charge >= 0.3 is 0 Å². The monoisotopic (exact) mass is 382 g/mol. The summed E-state index contributed by atoms with van der Waals surface area (Å²) in [4.78, 5) is 24.0. The van der Waals surface area contributed by atoms with E-state index in [4.69, 9.17) is 4.74 Å². The molecule has 0 saturated carbocycles. The van der Waals surface area contributed by atoms with E-state index in [9.17, 15) is 9.59 Å². The van der Waals surface area contributed by atoms with Crippen molar-refractivity contribution in [2.75, 3.05) is 11.9 Å². The third-order valence-electron chi connectivity index (χ3n) is 4.20. The third-order valence-corrected chi connectivity index (χ3v) is 4.20. The largest absolute Gasteiger partial charge is 0.483 e. The first-order chi connectivity index (χ1) is 13.2. The Hall–Kier alpha value is -2.82. The Balaban J connectivity index is 1.90. The summed E-state index contributed by atoms with van der Waals surface area (Å²) in [5.74, 6) is 0.830. The van der Waals surface area contributed by atoms with E-state index in [-0.39, 0.29) is 24.5 Å². The molecule has 150 valence electrons. The molecule has 0 aromatic heterocycles. The number of ether oxygens (including phenoxy) is 1. The van der Waals surface area contributed by atoms with Crippen molar-refractivity contribution in [1.82, 2.24) is 5.32 Å². The molecular formula is C23H30N2O3. The van der Waals surface area contributed by atoms with Gasteiger partial charge in [-0.25, -0.2) is 0 Å². The number of rotatable bonds is 8. The molecule has 0 fully saturated rings. The SMILES string of the molecule is Cc1ccc(C(C)C)c(OCC(=O)Nc2ccc(CC(=O)NC(C)C)cc2)c1. The predicted molar refractivity (Wildman–Crippen MR) is 113 cm³/mol. The van der Waals surface area contributed by atoms with Crippen molar-refractivity contribution in [2.45, 2.75) is 53.0 Å². The van der Waals surface area contributed by atoms with E-state index in [1.54, 1.807) is 12.1 Å². The van der Waals surface area contributed by atoms with Crippen LogP contribution in [-0.2, 0) is 16.0 Å². The minimum absolute atomic E-state index is 0.0145. The summed E-state index contributed by atoms with van der Waals surface area (Å²) in [6.07, 6.45) is 0.320. The summed E-state index contributed by atoms with van der Waals surface area (Å²) >= 11 is 0. The Kier molecular flexibility index (Phi) is 7.61. The fourth-order valence-corrected chi connectivity index (χ4v) is 2.85. The first-order valence-electron chi connectivity index (χ1n) is 9.66. The summed E-state index contributed by atoms with van der Waals surface area (Å²) < 4.78 is 5.76. The molecule has 2 N–H and O–H groups in total. The quantitative estimate of drug-likeness (QED) is 0.719. The Morgan fingerprint density at radius 2 is 1.64 bits per heavy atom. The minimum Gasteiger partial charge on any atom is -0.483 e. The summed E-state index contributed by atoms with van der Waals surface area (Å²) in [6.45, 7) is 10.0. The van der Waals surface area contributed by atoms with Gasteiger partial charge in [-0.3, -0.25) is 9.59 Å². The molecule has 28 heavy (non-hydrogen) atoms. The summed E-state index contributed by atoms with van der Waals surface area (Å²) in [6, 6.07) is 13.4. The molecule has 2 amide bonds. The molecule has 2 aromatic rings. The maximum absolute atomic E-state index is 12.2. The van der Waals surface area contributed by atoms with Crippen LogP contribution in [0.1, 0.15) is 50.3 Å². The normalized spacial score (nSPS) is 10.8. The van der Waals surface area contributed by atoms with Gasteiger partial charge in [0.05, 0.1) is 6.42 Å². The Morgan fingerprint density at radius 3 is 2.25 bits per heavy atom. The Labute approximate surface area is 167 Å². The van der Waals surface area contributed by atoms with E-state index in [0.717, 1.165) is 22.4 Å². The van der Waals surface area contributed by atoms with Gasteiger partial charge in [0.2, 0.25) is 5.91 Å². The van der Waals surface area contributed by atoms with Crippen molar-refractivity contribution in [3.8, 4) is 5.75 Å². The maximum Gasteiger partial charge on any atom is 0.262 e. The van der Waals surface area contributed by atoms with Crippen molar-refractivity contribution in [1.29, 1.82) is 0 Å².